The highest BCUT2D eigenvalue weighted by molar-refractivity contribution is 6.17. The van der Waals surface area contributed by atoms with Gasteiger partial charge in [0.15, 0.2) is 0 Å². The molecule has 0 aromatic rings. The summed E-state index contributed by atoms with van der Waals surface area (Å²) in [5, 5.41) is 12.3. The Hall–Kier alpha value is -1.65. The van der Waals surface area contributed by atoms with E-state index in [-0.39, 0.29) is 5.91 Å². The monoisotopic (exact) mass is 292 g/mol. The van der Waals surface area contributed by atoms with Crippen LogP contribution in [0.15, 0.2) is 16.1 Å². The number of nitrogens with one attached hydrogen (secondary N) is 1. The van der Waals surface area contributed by atoms with Crippen LogP contribution in [0.4, 0.5) is 0 Å². The molecule has 0 radical (unpaired) electrons. The predicted molar refractivity (Wildman–Crippen MR) is 81.3 cm³/mol. The molecule has 1 aliphatic heterocycles. The Labute approximate surface area is 125 Å². The topological polar surface area (TPSA) is 78.8 Å². The molecule has 1 aliphatic carbocycles. The Morgan fingerprint density at radius 1 is 1.29 bits per heavy atom. The van der Waals surface area contributed by atoms with E-state index in [0.717, 1.165) is 38.5 Å². The average Bonchev–Trinajstić information content (AvgIpc) is 2.76. The third-order valence-electron chi connectivity index (χ3n) is 4.42. The van der Waals surface area contributed by atoms with Crippen LogP contribution < -0.4 is 5.32 Å². The van der Waals surface area contributed by atoms with Gasteiger partial charge in [0, 0.05) is 11.1 Å². The molecule has 21 heavy (non-hydrogen) atoms. The number of carboxylic acid groups (broad SMARTS) is 1. The molecule has 2 aliphatic rings. The van der Waals surface area contributed by atoms with Gasteiger partial charge < -0.3 is 10.4 Å². The van der Waals surface area contributed by atoms with Crippen LogP contribution in [-0.2, 0) is 9.59 Å². The quantitative estimate of drug-likeness (QED) is 0.765. The minimum absolute atomic E-state index is 0.0515. The van der Waals surface area contributed by atoms with Gasteiger partial charge in [0.2, 0.25) is 0 Å². The van der Waals surface area contributed by atoms with Gasteiger partial charge in [-0.25, -0.2) is 4.79 Å². The number of nitrogens with zero attached hydrogens (tertiary/aromatic N) is 1. The summed E-state index contributed by atoms with van der Waals surface area (Å²) in [5.74, 6) is -0.463. The van der Waals surface area contributed by atoms with E-state index >= 15 is 0 Å². The summed E-state index contributed by atoms with van der Waals surface area (Å²) in [6.45, 7) is 3.86. The summed E-state index contributed by atoms with van der Waals surface area (Å²) in [6, 6.07) is 0. The molecular weight excluding hydrogens is 268 g/mol. The summed E-state index contributed by atoms with van der Waals surface area (Å²) in [7, 11) is 0. The lowest BCUT2D eigenvalue weighted by molar-refractivity contribution is -0.133. The zero-order valence-corrected chi connectivity index (χ0v) is 12.9. The molecule has 1 spiro atoms. The third kappa shape index (κ3) is 3.01. The first-order valence-electron chi connectivity index (χ1n) is 7.91. The van der Waals surface area contributed by atoms with E-state index in [1.54, 1.807) is 0 Å². The average molecular weight is 292 g/mol. The lowest BCUT2D eigenvalue weighted by atomic mass is 9.82. The molecule has 1 fully saturated rings. The van der Waals surface area contributed by atoms with Crippen LogP contribution >= 0.6 is 0 Å². The van der Waals surface area contributed by atoms with Crippen molar-refractivity contribution in [1.29, 1.82) is 0 Å². The van der Waals surface area contributed by atoms with Crippen molar-refractivity contribution in [3.63, 3.8) is 0 Å². The van der Waals surface area contributed by atoms with Crippen molar-refractivity contribution in [2.24, 2.45) is 4.99 Å². The fourth-order valence-electron chi connectivity index (χ4n) is 3.30. The van der Waals surface area contributed by atoms with Gasteiger partial charge in [0.05, 0.1) is 0 Å². The van der Waals surface area contributed by atoms with Crippen molar-refractivity contribution in [3.8, 4) is 0 Å². The summed E-state index contributed by atoms with van der Waals surface area (Å²) in [4.78, 5) is 28.5. The Kier molecular flexibility index (Phi) is 4.80. The van der Waals surface area contributed by atoms with Crippen molar-refractivity contribution in [2.45, 2.75) is 70.8 Å². The van der Waals surface area contributed by atoms with Crippen molar-refractivity contribution < 1.29 is 14.7 Å². The predicted octanol–water partition coefficient (Wildman–Crippen LogP) is 2.81. The standard InChI is InChI=1S/C16H24N2O3/c1-3-8-12(14(19)20)11(4-2)13-17-15(21)16(18-13)9-6-5-7-10-16/h3-10H2,1-2H3,(H,19,20)(H,17,18,21). The highest BCUT2D eigenvalue weighted by Gasteiger charge is 2.44. The minimum atomic E-state index is -0.907. The lowest BCUT2D eigenvalue weighted by Gasteiger charge is -2.27. The van der Waals surface area contributed by atoms with Crippen LogP contribution in [-0.4, -0.2) is 28.4 Å². The van der Waals surface area contributed by atoms with Crippen LogP contribution in [0.3, 0.4) is 0 Å². The number of amidine groups is 1. The van der Waals surface area contributed by atoms with E-state index in [1.807, 2.05) is 13.8 Å². The molecule has 0 bridgehead atoms. The molecule has 0 unspecified atom stereocenters. The van der Waals surface area contributed by atoms with Crippen molar-refractivity contribution in [2.75, 3.05) is 0 Å². The van der Waals surface area contributed by atoms with E-state index in [1.165, 1.54) is 0 Å². The maximum Gasteiger partial charge on any atom is 0.331 e. The zero-order valence-electron chi connectivity index (χ0n) is 12.9. The number of rotatable bonds is 5. The largest absolute Gasteiger partial charge is 0.478 e. The number of carbonyl (C=O) groups is 2. The van der Waals surface area contributed by atoms with Gasteiger partial charge in [-0.05, 0) is 25.7 Å². The van der Waals surface area contributed by atoms with Crippen molar-refractivity contribution in [3.05, 3.63) is 11.1 Å². The smallest absolute Gasteiger partial charge is 0.331 e. The van der Waals surface area contributed by atoms with Gasteiger partial charge in [-0.3, -0.25) is 9.79 Å². The SMILES string of the molecule is CCCC(C(=O)O)=C(CC)C1=NC2(CCCCC2)C(=O)N1. The number of aliphatic carboxylic acids is 1. The van der Waals surface area contributed by atoms with Crippen molar-refractivity contribution >= 4 is 17.7 Å². The molecule has 0 aromatic carbocycles. The Morgan fingerprint density at radius 2 is 1.95 bits per heavy atom. The molecule has 1 saturated carbocycles. The molecule has 0 aromatic heterocycles. The van der Waals surface area contributed by atoms with Crippen LogP contribution in [0.25, 0.3) is 0 Å². The number of hydrogen-bond donors (Lipinski definition) is 2. The highest BCUT2D eigenvalue weighted by atomic mass is 16.4. The molecule has 116 valence electrons. The molecule has 1 amide bonds. The number of carbonyl (C=O) groups excluding carboxylic acids is 1. The van der Waals surface area contributed by atoms with Crippen LogP contribution in [0.5, 0.6) is 0 Å². The van der Waals surface area contributed by atoms with E-state index in [0.29, 0.717) is 29.8 Å². The number of carboxylic acids is 1. The summed E-state index contributed by atoms with van der Waals surface area (Å²) in [6.07, 6.45) is 6.54. The first-order valence-corrected chi connectivity index (χ1v) is 7.91. The molecule has 5 nitrogen and oxygen atoms in total. The summed E-state index contributed by atoms with van der Waals surface area (Å²) < 4.78 is 0. The van der Waals surface area contributed by atoms with Crippen LogP contribution in [0.2, 0.25) is 0 Å². The van der Waals surface area contributed by atoms with Crippen LogP contribution in [0.1, 0.15) is 65.2 Å². The number of hydrogen-bond acceptors (Lipinski definition) is 3. The maximum atomic E-state index is 12.3. The summed E-state index contributed by atoms with van der Waals surface area (Å²) >= 11 is 0. The number of amides is 1. The van der Waals surface area contributed by atoms with Crippen molar-refractivity contribution in [1.82, 2.24) is 5.32 Å². The van der Waals surface area contributed by atoms with Gasteiger partial charge in [0.1, 0.15) is 11.4 Å². The molecular formula is C16H24N2O3. The second kappa shape index (κ2) is 6.41. The second-order valence-corrected chi connectivity index (χ2v) is 5.87. The van der Waals surface area contributed by atoms with E-state index in [4.69, 9.17) is 0 Å². The molecule has 0 atom stereocenters. The molecule has 1 heterocycles. The van der Waals surface area contributed by atoms with E-state index in [9.17, 15) is 14.7 Å². The summed E-state index contributed by atoms with van der Waals surface area (Å²) in [5.41, 5.74) is 0.427. The molecule has 5 heteroatoms. The highest BCUT2D eigenvalue weighted by Crippen LogP contribution is 2.35. The van der Waals surface area contributed by atoms with E-state index < -0.39 is 11.5 Å². The Morgan fingerprint density at radius 3 is 2.48 bits per heavy atom. The fourth-order valence-corrected chi connectivity index (χ4v) is 3.30. The van der Waals surface area contributed by atoms with E-state index in [2.05, 4.69) is 10.3 Å². The zero-order chi connectivity index (χ0) is 15.5. The van der Waals surface area contributed by atoms with Gasteiger partial charge in [-0.15, -0.1) is 0 Å². The molecule has 2 N–H and O–H groups in total. The first-order chi connectivity index (χ1) is 10.0. The minimum Gasteiger partial charge on any atom is -0.478 e. The maximum absolute atomic E-state index is 12.3. The first kappa shape index (κ1) is 15.7. The number of aliphatic imine (C=N–C) groups is 1. The Bertz CT molecular complexity index is 500. The normalized spacial score (nSPS) is 21.8. The second-order valence-electron chi connectivity index (χ2n) is 5.87. The Balaban J connectivity index is 2.38. The van der Waals surface area contributed by atoms with Crippen LogP contribution in [0, 0.1) is 0 Å². The molecule has 2 rings (SSSR count). The third-order valence-corrected chi connectivity index (χ3v) is 4.42. The molecule has 0 saturated heterocycles. The van der Waals surface area contributed by atoms with Gasteiger partial charge in [-0.2, -0.15) is 0 Å². The van der Waals surface area contributed by atoms with Gasteiger partial charge in [0.25, 0.3) is 5.91 Å². The fraction of sp³-hybridized carbons (Fsp3) is 0.688. The lowest BCUT2D eigenvalue weighted by Crippen LogP contribution is -2.41. The van der Waals surface area contributed by atoms with Gasteiger partial charge >= 0.3 is 5.97 Å². The van der Waals surface area contributed by atoms with Gasteiger partial charge in [-0.1, -0.05) is 39.5 Å².